The van der Waals surface area contributed by atoms with E-state index in [0.29, 0.717) is 56.3 Å². The second-order valence-electron chi connectivity index (χ2n) is 9.79. The number of hydrogen-bond donors (Lipinski definition) is 2. The van der Waals surface area contributed by atoms with E-state index in [1.54, 1.807) is 22.9 Å². The maximum atomic E-state index is 13.4. The molecule has 3 atom stereocenters. The van der Waals surface area contributed by atoms with Crippen molar-refractivity contribution in [3.05, 3.63) is 36.2 Å². The van der Waals surface area contributed by atoms with Crippen molar-refractivity contribution in [3.63, 3.8) is 0 Å². The Kier molecular flexibility index (Phi) is 9.46. The lowest BCUT2D eigenvalue weighted by atomic mass is 9.84. The molecule has 1 aromatic heterocycles. The number of aliphatic hydroxyl groups excluding tert-OH is 1. The summed E-state index contributed by atoms with van der Waals surface area (Å²) in [5.41, 5.74) is 0.778. The third-order valence-corrected chi connectivity index (χ3v) is 7.41. The highest BCUT2D eigenvalue weighted by Crippen LogP contribution is 2.47. The molecule has 2 aliphatic rings. The zero-order chi connectivity index (χ0) is 27.1. The number of carbonyl (C=O) groups excluding carboxylic acids is 1. The molecule has 1 saturated heterocycles. The van der Waals surface area contributed by atoms with E-state index in [4.69, 9.17) is 14.2 Å². The number of carbonyl (C=O) groups is 2. The van der Waals surface area contributed by atoms with E-state index in [-0.39, 0.29) is 37.8 Å². The summed E-state index contributed by atoms with van der Waals surface area (Å²) < 4.78 is 18.4. The Morgan fingerprint density at radius 2 is 2.05 bits per heavy atom. The quantitative estimate of drug-likeness (QED) is 0.378. The number of aliphatic carboxylic acids is 1. The molecular weight excluding hydrogens is 492 g/mol. The van der Waals surface area contributed by atoms with E-state index in [1.165, 1.54) is 0 Å². The van der Waals surface area contributed by atoms with Gasteiger partial charge in [-0.25, -0.2) is 0 Å². The number of ether oxygens (including phenoxy) is 3. The molecule has 38 heavy (non-hydrogen) atoms. The van der Waals surface area contributed by atoms with Gasteiger partial charge in [0.15, 0.2) is 11.5 Å². The topological polar surface area (TPSA) is 127 Å². The molecule has 0 spiro atoms. The molecule has 3 unspecified atom stereocenters. The van der Waals surface area contributed by atoms with Gasteiger partial charge in [0.25, 0.3) is 0 Å². The zero-order valence-corrected chi connectivity index (χ0v) is 22.1. The Morgan fingerprint density at radius 3 is 2.74 bits per heavy atom. The van der Waals surface area contributed by atoms with Crippen LogP contribution in [0.1, 0.15) is 44.1 Å². The first-order valence-electron chi connectivity index (χ1n) is 13.3. The molecule has 2 aliphatic heterocycles. The smallest absolute Gasteiger partial charge is 0.308 e. The first-order chi connectivity index (χ1) is 18.5. The molecule has 4 rings (SSSR count). The van der Waals surface area contributed by atoms with Crippen LogP contribution in [0, 0.1) is 5.92 Å². The molecule has 0 bridgehead atoms. The van der Waals surface area contributed by atoms with Crippen LogP contribution in [0.25, 0.3) is 0 Å². The molecule has 0 aliphatic carbocycles. The monoisotopic (exact) mass is 530 g/mol. The normalized spacial score (nSPS) is 20.6. The van der Waals surface area contributed by atoms with Crippen LogP contribution < -0.4 is 14.2 Å². The minimum absolute atomic E-state index is 0.0151. The molecule has 208 valence electrons. The molecular formula is C27H38N4O7. The summed E-state index contributed by atoms with van der Waals surface area (Å²) in [6.45, 7) is 4.31. The van der Waals surface area contributed by atoms with Crippen LogP contribution in [0.3, 0.4) is 0 Å². The number of benzene rings is 1. The fourth-order valence-electron chi connectivity index (χ4n) is 5.50. The van der Waals surface area contributed by atoms with E-state index in [0.717, 1.165) is 18.4 Å². The van der Waals surface area contributed by atoms with E-state index >= 15 is 0 Å². The Hall–Kier alpha value is -3.31. The number of rotatable bonds is 14. The number of unbranched alkanes of at least 4 members (excludes halogenated alkanes) is 1. The molecule has 0 saturated carbocycles. The number of likely N-dealkylation sites (tertiary alicyclic amines) is 1. The Bertz CT molecular complexity index is 1070. The summed E-state index contributed by atoms with van der Waals surface area (Å²) in [5.74, 6) is -0.548. The zero-order valence-electron chi connectivity index (χ0n) is 22.1. The van der Waals surface area contributed by atoms with Gasteiger partial charge in [0.1, 0.15) is 0 Å². The highest BCUT2D eigenvalue weighted by Gasteiger charge is 2.47. The van der Waals surface area contributed by atoms with E-state index in [1.807, 2.05) is 29.3 Å². The lowest BCUT2D eigenvalue weighted by Crippen LogP contribution is -2.45. The van der Waals surface area contributed by atoms with Crippen molar-refractivity contribution < 1.29 is 34.0 Å². The van der Waals surface area contributed by atoms with Crippen molar-refractivity contribution in [1.29, 1.82) is 0 Å². The van der Waals surface area contributed by atoms with Gasteiger partial charge in [-0.3, -0.25) is 19.2 Å². The maximum absolute atomic E-state index is 13.4. The summed E-state index contributed by atoms with van der Waals surface area (Å²) >= 11 is 0. The van der Waals surface area contributed by atoms with Gasteiger partial charge in [-0.1, -0.05) is 13.3 Å². The third kappa shape index (κ3) is 6.21. The lowest BCUT2D eigenvalue weighted by Gasteiger charge is -2.29. The van der Waals surface area contributed by atoms with Gasteiger partial charge in [0, 0.05) is 57.1 Å². The number of nitrogens with zero attached hydrogens (tertiary/aromatic N) is 4. The van der Waals surface area contributed by atoms with Crippen LogP contribution in [0.4, 0.5) is 0 Å². The molecule has 1 fully saturated rings. The van der Waals surface area contributed by atoms with Crippen LogP contribution in [0.5, 0.6) is 17.2 Å². The number of carboxylic acid groups (broad SMARTS) is 1. The van der Waals surface area contributed by atoms with Gasteiger partial charge >= 0.3 is 5.97 Å². The Balaban J connectivity index is 1.62. The molecule has 2 N–H and O–H groups in total. The fraction of sp³-hybridized carbons (Fsp3) is 0.593. The molecule has 11 heteroatoms. The number of aliphatic hydroxyl groups is 1. The molecule has 0 radical (unpaired) electrons. The SMILES string of the molecule is CCCCN(CCCO)C(=O)CN1CC(c2cc(OC)c3c(c2)OCO3)C(C(=O)O)C1CCn1cccn1. The number of methoxy groups -OCH3 is 1. The predicted octanol–water partition coefficient (Wildman–Crippen LogP) is 2.19. The van der Waals surface area contributed by atoms with Crippen molar-refractivity contribution >= 4 is 11.9 Å². The molecule has 11 nitrogen and oxygen atoms in total. The van der Waals surface area contributed by atoms with Gasteiger partial charge in [0.2, 0.25) is 18.4 Å². The summed E-state index contributed by atoms with van der Waals surface area (Å²) in [5, 5.41) is 24.0. The third-order valence-electron chi connectivity index (χ3n) is 7.41. The van der Waals surface area contributed by atoms with Crippen LogP contribution >= 0.6 is 0 Å². The van der Waals surface area contributed by atoms with Crippen molar-refractivity contribution in [2.24, 2.45) is 5.92 Å². The Morgan fingerprint density at radius 1 is 1.24 bits per heavy atom. The van der Waals surface area contributed by atoms with Crippen LogP contribution in [-0.4, -0.2) is 94.4 Å². The number of aryl methyl sites for hydroxylation is 1. The van der Waals surface area contributed by atoms with Gasteiger partial charge in [-0.15, -0.1) is 0 Å². The molecule has 1 aromatic carbocycles. The summed E-state index contributed by atoms with van der Waals surface area (Å²) in [7, 11) is 1.54. The van der Waals surface area contributed by atoms with E-state index < -0.39 is 11.9 Å². The average molecular weight is 531 g/mol. The first-order valence-corrected chi connectivity index (χ1v) is 13.3. The Labute approximate surface area is 222 Å². The van der Waals surface area contributed by atoms with Crippen LogP contribution in [0.2, 0.25) is 0 Å². The summed E-state index contributed by atoms with van der Waals surface area (Å²) in [6, 6.07) is 5.10. The van der Waals surface area contributed by atoms with Gasteiger partial charge in [0.05, 0.1) is 19.6 Å². The largest absolute Gasteiger partial charge is 0.493 e. The highest BCUT2D eigenvalue weighted by atomic mass is 16.7. The predicted molar refractivity (Wildman–Crippen MR) is 138 cm³/mol. The van der Waals surface area contributed by atoms with E-state index in [9.17, 15) is 19.8 Å². The number of hydrogen-bond acceptors (Lipinski definition) is 8. The van der Waals surface area contributed by atoms with Crippen molar-refractivity contribution in [3.8, 4) is 17.2 Å². The lowest BCUT2D eigenvalue weighted by molar-refractivity contribution is -0.144. The second-order valence-corrected chi connectivity index (χ2v) is 9.79. The van der Waals surface area contributed by atoms with Gasteiger partial charge in [-0.05, 0) is 43.0 Å². The van der Waals surface area contributed by atoms with Crippen LogP contribution in [0.15, 0.2) is 30.6 Å². The van der Waals surface area contributed by atoms with Gasteiger partial charge < -0.3 is 29.3 Å². The van der Waals surface area contributed by atoms with Crippen molar-refractivity contribution in [1.82, 2.24) is 19.6 Å². The van der Waals surface area contributed by atoms with Crippen molar-refractivity contribution in [2.75, 3.05) is 46.7 Å². The van der Waals surface area contributed by atoms with Gasteiger partial charge in [-0.2, -0.15) is 5.10 Å². The highest BCUT2D eigenvalue weighted by molar-refractivity contribution is 5.79. The van der Waals surface area contributed by atoms with Crippen LogP contribution in [-0.2, 0) is 16.1 Å². The minimum atomic E-state index is -0.907. The molecule has 3 heterocycles. The second kappa shape index (κ2) is 13.0. The standard InChI is InChI=1S/C27H38N4O7/c1-3-4-9-29(10-6-13-32)24(33)17-30-16-20(19-14-22(36-2)26-23(15-19)37-18-38-26)25(27(34)35)21(30)7-12-31-11-5-8-28-31/h5,8,11,14-15,20-21,25,32H,3-4,6-7,9-10,12-13,16-18H2,1-2H3,(H,34,35). The number of aromatic nitrogens is 2. The molecule has 2 aromatic rings. The number of fused-ring (bicyclic) bond motifs is 1. The van der Waals surface area contributed by atoms with Crippen molar-refractivity contribution in [2.45, 2.75) is 51.1 Å². The van der Waals surface area contributed by atoms with E-state index in [2.05, 4.69) is 12.0 Å². The minimum Gasteiger partial charge on any atom is -0.493 e. The first kappa shape index (κ1) is 27.7. The average Bonchev–Trinajstić information content (AvgIpc) is 3.67. The maximum Gasteiger partial charge on any atom is 0.308 e. The number of amides is 1. The summed E-state index contributed by atoms with van der Waals surface area (Å²) in [6.07, 6.45) is 6.40. The molecule has 1 amide bonds. The fourth-order valence-corrected chi connectivity index (χ4v) is 5.50. The number of carboxylic acids is 1. The summed E-state index contributed by atoms with van der Waals surface area (Å²) in [4.78, 5) is 30.0.